The van der Waals surface area contributed by atoms with Crippen LogP contribution in [0.1, 0.15) is 32.8 Å². The van der Waals surface area contributed by atoms with Crippen LogP contribution in [0.2, 0.25) is 0 Å². The molecule has 0 saturated carbocycles. The van der Waals surface area contributed by atoms with Crippen molar-refractivity contribution in [3.05, 3.63) is 29.8 Å². The molecular formula is C19H29N3O3. The zero-order valence-electron chi connectivity index (χ0n) is 15.4. The van der Waals surface area contributed by atoms with E-state index in [0.717, 1.165) is 44.1 Å². The Kier molecular flexibility index (Phi) is 7.40. The fourth-order valence-electron chi connectivity index (χ4n) is 2.95. The fraction of sp³-hybridized carbons (Fsp3) is 0.579. The maximum atomic E-state index is 12.7. The Morgan fingerprint density at radius 1 is 1.20 bits per heavy atom. The quantitative estimate of drug-likeness (QED) is 0.791. The van der Waals surface area contributed by atoms with Crippen LogP contribution in [-0.4, -0.2) is 49.1 Å². The van der Waals surface area contributed by atoms with Gasteiger partial charge >= 0.3 is 0 Å². The first-order valence-corrected chi connectivity index (χ1v) is 8.91. The molecule has 6 heteroatoms. The molecule has 0 unspecified atom stereocenters. The van der Waals surface area contributed by atoms with Crippen molar-refractivity contribution >= 4 is 17.5 Å². The molecule has 0 aromatic heterocycles. The van der Waals surface area contributed by atoms with Crippen molar-refractivity contribution in [1.29, 1.82) is 0 Å². The van der Waals surface area contributed by atoms with Crippen molar-refractivity contribution in [1.82, 2.24) is 10.2 Å². The van der Waals surface area contributed by atoms with Crippen LogP contribution in [0.5, 0.6) is 0 Å². The second-order valence-corrected chi connectivity index (χ2v) is 6.92. The van der Waals surface area contributed by atoms with Gasteiger partial charge in [-0.15, -0.1) is 0 Å². The number of carbonyl (C=O) groups is 2. The molecule has 6 nitrogen and oxygen atoms in total. The summed E-state index contributed by atoms with van der Waals surface area (Å²) in [5.74, 6) is -0.0491. The third-order valence-corrected chi connectivity index (χ3v) is 4.17. The van der Waals surface area contributed by atoms with E-state index in [2.05, 4.69) is 15.5 Å². The molecule has 0 radical (unpaired) electrons. The van der Waals surface area contributed by atoms with Gasteiger partial charge < -0.3 is 15.4 Å². The van der Waals surface area contributed by atoms with Crippen molar-refractivity contribution in [3.8, 4) is 0 Å². The first-order valence-electron chi connectivity index (χ1n) is 8.91. The van der Waals surface area contributed by atoms with E-state index in [-0.39, 0.29) is 11.8 Å². The van der Waals surface area contributed by atoms with Gasteiger partial charge in [0.2, 0.25) is 11.8 Å². The Balaban J connectivity index is 2.06. The summed E-state index contributed by atoms with van der Waals surface area (Å²) < 4.78 is 5.39. The molecule has 1 aromatic rings. The zero-order valence-corrected chi connectivity index (χ0v) is 15.4. The molecule has 1 heterocycles. The molecule has 1 aliphatic heterocycles. The monoisotopic (exact) mass is 347 g/mol. The topological polar surface area (TPSA) is 70.7 Å². The van der Waals surface area contributed by atoms with Crippen molar-refractivity contribution in [2.45, 2.75) is 39.8 Å². The highest BCUT2D eigenvalue weighted by Gasteiger charge is 2.22. The number of anilines is 1. The summed E-state index contributed by atoms with van der Waals surface area (Å²) in [4.78, 5) is 26.4. The minimum Gasteiger partial charge on any atom is -0.379 e. The number of hydrogen-bond acceptors (Lipinski definition) is 4. The smallest absolute Gasteiger partial charge is 0.246 e. The summed E-state index contributed by atoms with van der Waals surface area (Å²) in [6.45, 7) is 9.56. The SMILES string of the molecule is CC(=O)N[C@H](CC(C)C)C(=O)Nc1ccccc1CN1CCOCC1. The number of ether oxygens (including phenoxy) is 1. The van der Waals surface area contributed by atoms with Crippen LogP contribution in [-0.2, 0) is 20.9 Å². The molecule has 1 aliphatic rings. The normalized spacial score (nSPS) is 16.5. The largest absolute Gasteiger partial charge is 0.379 e. The second kappa shape index (κ2) is 9.53. The van der Waals surface area contributed by atoms with E-state index in [9.17, 15) is 9.59 Å². The predicted molar refractivity (Wildman–Crippen MR) is 98.2 cm³/mol. The van der Waals surface area contributed by atoms with Gasteiger partial charge in [0.15, 0.2) is 0 Å². The maximum absolute atomic E-state index is 12.7. The lowest BCUT2D eigenvalue weighted by Crippen LogP contribution is -2.44. The first-order chi connectivity index (χ1) is 12.0. The fourth-order valence-corrected chi connectivity index (χ4v) is 2.95. The highest BCUT2D eigenvalue weighted by atomic mass is 16.5. The minimum atomic E-state index is -0.519. The molecule has 1 saturated heterocycles. The molecule has 1 aromatic carbocycles. The number of nitrogens with zero attached hydrogens (tertiary/aromatic N) is 1. The van der Waals surface area contributed by atoms with E-state index in [1.54, 1.807) is 0 Å². The minimum absolute atomic E-state index is 0.168. The Labute approximate surface area is 149 Å². The summed E-state index contributed by atoms with van der Waals surface area (Å²) >= 11 is 0. The van der Waals surface area contributed by atoms with Gasteiger partial charge in [-0.05, 0) is 24.0 Å². The summed E-state index contributed by atoms with van der Waals surface area (Å²) in [5, 5.41) is 5.75. The molecule has 2 rings (SSSR count). The number of carbonyl (C=O) groups excluding carboxylic acids is 2. The van der Waals surface area contributed by atoms with E-state index in [1.165, 1.54) is 6.92 Å². The van der Waals surface area contributed by atoms with Crippen LogP contribution in [0, 0.1) is 5.92 Å². The molecule has 1 fully saturated rings. The van der Waals surface area contributed by atoms with E-state index in [0.29, 0.717) is 12.3 Å². The lowest BCUT2D eigenvalue weighted by Gasteiger charge is -2.27. The third kappa shape index (κ3) is 6.48. The van der Waals surface area contributed by atoms with Crippen molar-refractivity contribution in [3.63, 3.8) is 0 Å². The van der Waals surface area contributed by atoms with Crippen LogP contribution >= 0.6 is 0 Å². The van der Waals surface area contributed by atoms with Crippen LogP contribution in [0.15, 0.2) is 24.3 Å². The van der Waals surface area contributed by atoms with Crippen molar-refractivity contribution in [2.75, 3.05) is 31.6 Å². The number of para-hydroxylation sites is 1. The highest BCUT2D eigenvalue weighted by molar-refractivity contribution is 5.97. The Hall–Kier alpha value is -1.92. The number of rotatable bonds is 7. The average molecular weight is 347 g/mol. The third-order valence-electron chi connectivity index (χ3n) is 4.17. The molecule has 0 spiro atoms. The number of amides is 2. The average Bonchev–Trinajstić information content (AvgIpc) is 2.56. The van der Waals surface area contributed by atoms with Crippen LogP contribution in [0.4, 0.5) is 5.69 Å². The van der Waals surface area contributed by atoms with Gasteiger partial charge in [0, 0.05) is 32.2 Å². The van der Waals surface area contributed by atoms with Crippen LogP contribution in [0.3, 0.4) is 0 Å². The van der Waals surface area contributed by atoms with E-state index in [4.69, 9.17) is 4.74 Å². The highest BCUT2D eigenvalue weighted by Crippen LogP contribution is 2.19. The molecule has 0 aliphatic carbocycles. The lowest BCUT2D eigenvalue weighted by molar-refractivity contribution is -0.125. The summed E-state index contributed by atoms with van der Waals surface area (Å²) in [6, 6.07) is 7.31. The number of benzene rings is 1. The van der Waals surface area contributed by atoms with E-state index < -0.39 is 6.04 Å². The van der Waals surface area contributed by atoms with Gasteiger partial charge in [-0.25, -0.2) is 0 Å². The molecule has 2 amide bonds. The standard InChI is InChI=1S/C19H29N3O3/c1-14(2)12-18(20-15(3)23)19(24)21-17-7-5-4-6-16(17)13-22-8-10-25-11-9-22/h4-7,14,18H,8-13H2,1-3H3,(H,20,23)(H,21,24)/t18-/m1/s1. The van der Waals surface area contributed by atoms with Gasteiger partial charge in [-0.1, -0.05) is 32.0 Å². The molecule has 138 valence electrons. The maximum Gasteiger partial charge on any atom is 0.246 e. The van der Waals surface area contributed by atoms with Gasteiger partial charge in [-0.2, -0.15) is 0 Å². The number of morpholine rings is 1. The summed E-state index contributed by atoms with van der Waals surface area (Å²) in [5.41, 5.74) is 1.88. The van der Waals surface area contributed by atoms with E-state index in [1.807, 2.05) is 38.1 Å². The van der Waals surface area contributed by atoms with Crippen LogP contribution < -0.4 is 10.6 Å². The van der Waals surface area contributed by atoms with Crippen molar-refractivity contribution in [2.24, 2.45) is 5.92 Å². The van der Waals surface area contributed by atoms with Gasteiger partial charge in [0.05, 0.1) is 13.2 Å². The second-order valence-electron chi connectivity index (χ2n) is 6.92. The molecule has 1 atom stereocenters. The van der Waals surface area contributed by atoms with Crippen LogP contribution in [0.25, 0.3) is 0 Å². The van der Waals surface area contributed by atoms with Crippen molar-refractivity contribution < 1.29 is 14.3 Å². The zero-order chi connectivity index (χ0) is 18.2. The van der Waals surface area contributed by atoms with Gasteiger partial charge in [-0.3, -0.25) is 14.5 Å². The summed E-state index contributed by atoms with van der Waals surface area (Å²) in [7, 11) is 0. The number of hydrogen-bond donors (Lipinski definition) is 2. The molecular weight excluding hydrogens is 318 g/mol. The lowest BCUT2D eigenvalue weighted by atomic mass is 10.0. The number of nitrogens with one attached hydrogen (secondary N) is 2. The predicted octanol–water partition coefficient (Wildman–Crippen LogP) is 2.01. The first kappa shape index (κ1) is 19.4. The van der Waals surface area contributed by atoms with Gasteiger partial charge in [0.25, 0.3) is 0 Å². The Morgan fingerprint density at radius 2 is 1.88 bits per heavy atom. The Bertz CT molecular complexity index is 583. The molecule has 2 N–H and O–H groups in total. The van der Waals surface area contributed by atoms with Gasteiger partial charge in [0.1, 0.15) is 6.04 Å². The van der Waals surface area contributed by atoms with E-state index >= 15 is 0 Å². The molecule has 0 bridgehead atoms. The summed E-state index contributed by atoms with van der Waals surface area (Å²) in [6.07, 6.45) is 0.608. The molecule has 25 heavy (non-hydrogen) atoms. The Morgan fingerprint density at radius 3 is 2.52 bits per heavy atom.